The second-order valence-electron chi connectivity index (χ2n) is 3.02. The van der Waals surface area contributed by atoms with E-state index >= 15 is 0 Å². The monoisotopic (exact) mass is 175 g/mol. The number of hydroxylamine groups is 2. The Balaban J connectivity index is 2.55. The largest absolute Gasteiger partial charge is 0.281 e. The van der Waals surface area contributed by atoms with Gasteiger partial charge in [-0.25, -0.2) is 0 Å². The molecule has 3 heteroatoms. The first kappa shape index (κ1) is 8.01. The molecule has 3 nitrogen and oxygen atoms in total. The zero-order valence-electron chi connectivity index (χ0n) is 7.03. The molecule has 0 unspecified atom stereocenters. The molecule has 1 aromatic carbocycles. The zero-order chi connectivity index (χ0) is 9.42. The van der Waals surface area contributed by atoms with Crippen LogP contribution in [0.3, 0.4) is 0 Å². The van der Waals surface area contributed by atoms with E-state index in [0.717, 1.165) is 5.56 Å². The van der Waals surface area contributed by atoms with E-state index in [2.05, 4.69) is 6.58 Å². The molecular formula is C10H9NO2. The van der Waals surface area contributed by atoms with Crippen LogP contribution in [0.4, 0.5) is 0 Å². The van der Waals surface area contributed by atoms with Crippen LogP contribution in [0.1, 0.15) is 15.9 Å². The van der Waals surface area contributed by atoms with Gasteiger partial charge in [-0.2, -0.15) is 5.06 Å². The molecule has 0 aliphatic carbocycles. The average molecular weight is 175 g/mol. The van der Waals surface area contributed by atoms with E-state index in [1.165, 1.54) is 0 Å². The van der Waals surface area contributed by atoms with Crippen molar-refractivity contribution in [1.29, 1.82) is 0 Å². The number of rotatable bonds is 0. The number of benzene rings is 1. The van der Waals surface area contributed by atoms with Gasteiger partial charge in [0, 0.05) is 17.7 Å². The third kappa shape index (κ3) is 1.13. The average Bonchev–Trinajstić information content (AvgIpc) is 2.15. The molecule has 0 atom stereocenters. The number of carbonyl (C=O) groups excluding carboxylic acids is 1. The van der Waals surface area contributed by atoms with Crippen LogP contribution >= 0.6 is 0 Å². The van der Waals surface area contributed by atoms with Gasteiger partial charge < -0.3 is 0 Å². The molecule has 0 saturated carbocycles. The highest BCUT2D eigenvalue weighted by Gasteiger charge is 2.25. The van der Waals surface area contributed by atoms with Crippen molar-refractivity contribution >= 4 is 5.91 Å². The highest BCUT2D eigenvalue weighted by atomic mass is 16.5. The summed E-state index contributed by atoms with van der Waals surface area (Å²) in [7, 11) is 0. The van der Waals surface area contributed by atoms with Crippen LogP contribution < -0.4 is 0 Å². The van der Waals surface area contributed by atoms with Gasteiger partial charge in [0.05, 0.1) is 0 Å². The predicted molar refractivity (Wildman–Crippen MR) is 47.2 cm³/mol. The van der Waals surface area contributed by atoms with Gasteiger partial charge in [0.2, 0.25) is 0 Å². The Morgan fingerprint density at radius 2 is 2.08 bits per heavy atom. The van der Waals surface area contributed by atoms with Crippen molar-refractivity contribution in [3.8, 4) is 0 Å². The lowest BCUT2D eigenvalue weighted by molar-refractivity contribution is -0.0343. The van der Waals surface area contributed by atoms with Crippen LogP contribution in [0, 0.1) is 0 Å². The third-order valence-corrected chi connectivity index (χ3v) is 2.13. The van der Waals surface area contributed by atoms with Gasteiger partial charge in [-0.05, 0) is 11.6 Å². The van der Waals surface area contributed by atoms with Crippen molar-refractivity contribution in [2.24, 2.45) is 0 Å². The van der Waals surface area contributed by atoms with E-state index in [-0.39, 0.29) is 0 Å². The number of nitrogens with zero attached hydrogens (tertiary/aromatic N) is 1. The maximum atomic E-state index is 11.4. The van der Waals surface area contributed by atoms with E-state index in [4.69, 9.17) is 0 Å². The number of hydrogen-bond acceptors (Lipinski definition) is 2. The molecule has 1 aliphatic heterocycles. The molecule has 0 fully saturated rings. The summed E-state index contributed by atoms with van der Waals surface area (Å²) in [5, 5.41) is 9.89. The second-order valence-corrected chi connectivity index (χ2v) is 3.02. The second kappa shape index (κ2) is 2.71. The van der Waals surface area contributed by atoms with Crippen molar-refractivity contribution in [2.45, 2.75) is 6.42 Å². The number of carbonyl (C=O) groups is 1. The van der Waals surface area contributed by atoms with E-state index in [0.29, 0.717) is 22.7 Å². The molecule has 0 saturated heterocycles. The molecule has 13 heavy (non-hydrogen) atoms. The molecule has 1 amide bonds. The van der Waals surface area contributed by atoms with Crippen LogP contribution in [0.2, 0.25) is 0 Å². The van der Waals surface area contributed by atoms with Crippen LogP contribution in [-0.2, 0) is 6.42 Å². The van der Waals surface area contributed by atoms with Gasteiger partial charge in [0.15, 0.2) is 0 Å². The minimum atomic E-state index is -0.396. The quantitative estimate of drug-likeness (QED) is 0.608. The van der Waals surface area contributed by atoms with Crippen molar-refractivity contribution in [3.63, 3.8) is 0 Å². The lowest BCUT2D eigenvalue weighted by atomic mass is 9.99. The van der Waals surface area contributed by atoms with Gasteiger partial charge >= 0.3 is 0 Å². The fraction of sp³-hybridized carbons (Fsp3) is 0.100. The summed E-state index contributed by atoms with van der Waals surface area (Å²) in [6, 6.07) is 7.21. The van der Waals surface area contributed by atoms with E-state index < -0.39 is 5.91 Å². The van der Waals surface area contributed by atoms with Crippen molar-refractivity contribution in [1.82, 2.24) is 5.06 Å². The van der Waals surface area contributed by atoms with Crippen LogP contribution in [0.25, 0.3) is 0 Å². The van der Waals surface area contributed by atoms with Crippen LogP contribution in [-0.4, -0.2) is 16.2 Å². The van der Waals surface area contributed by atoms with Gasteiger partial charge in [-0.15, -0.1) is 0 Å². The van der Waals surface area contributed by atoms with Crippen molar-refractivity contribution in [2.75, 3.05) is 0 Å². The maximum absolute atomic E-state index is 11.4. The normalized spacial score (nSPS) is 15.9. The summed E-state index contributed by atoms with van der Waals surface area (Å²) in [6.07, 6.45) is 0.526. The number of fused-ring (bicyclic) bond motifs is 1. The first-order chi connectivity index (χ1) is 6.20. The third-order valence-electron chi connectivity index (χ3n) is 2.13. The Hall–Kier alpha value is -1.61. The number of hydrogen-bond donors (Lipinski definition) is 1. The number of amides is 1. The molecule has 66 valence electrons. The van der Waals surface area contributed by atoms with Gasteiger partial charge in [-0.1, -0.05) is 24.8 Å². The predicted octanol–water partition coefficient (Wildman–Crippen LogP) is 1.59. The molecule has 0 spiro atoms. The molecule has 2 rings (SSSR count). The maximum Gasteiger partial charge on any atom is 0.281 e. The Labute approximate surface area is 75.9 Å². The standard InChI is InChI=1S/C10H9NO2/c1-7-6-8-4-2-3-5-9(8)10(12)11(7)13/h2-5,13H,1,6H2. The molecule has 1 N–H and O–H groups in total. The van der Waals surface area contributed by atoms with Crippen molar-refractivity contribution < 1.29 is 10.0 Å². The van der Waals surface area contributed by atoms with Crippen LogP contribution in [0.15, 0.2) is 36.5 Å². The summed E-state index contributed by atoms with van der Waals surface area (Å²) in [4.78, 5) is 11.4. The Kier molecular flexibility index (Phi) is 1.67. The summed E-state index contributed by atoms with van der Waals surface area (Å²) >= 11 is 0. The lowest BCUT2D eigenvalue weighted by Gasteiger charge is -2.24. The minimum absolute atomic E-state index is 0.396. The lowest BCUT2D eigenvalue weighted by Crippen LogP contribution is -2.32. The Morgan fingerprint density at radius 3 is 2.85 bits per heavy atom. The highest BCUT2D eigenvalue weighted by molar-refractivity contribution is 5.97. The molecular weight excluding hydrogens is 166 g/mol. The number of allylic oxidation sites excluding steroid dienone is 1. The molecule has 1 aromatic rings. The Bertz CT molecular complexity index is 384. The first-order valence-electron chi connectivity index (χ1n) is 3.99. The molecule has 0 bridgehead atoms. The van der Waals surface area contributed by atoms with Crippen LogP contribution in [0.5, 0.6) is 0 Å². The molecule has 1 aliphatic rings. The minimum Gasteiger partial charge on any atom is -0.281 e. The summed E-state index contributed by atoms with van der Waals surface area (Å²) < 4.78 is 0. The first-order valence-corrected chi connectivity index (χ1v) is 3.99. The fourth-order valence-electron chi connectivity index (χ4n) is 1.44. The molecule has 1 heterocycles. The fourth-order valence-corrected chi connectivity index (χ4v) is 1.44. The smallest absolute Gasteiger partial charge is 0.281 e. The molecule has 0 radical (unpaired) electrons. The van der Waals surface area contributed by atoms with E-state index in [1.807, 2.05) is 12.1 Å². The summed E-state index contributed by atoms with van der Waals surface area (Å²) in [6.45, 7) is 3.60. The summed E-state index contributed by atoms with van der Waals surface area (Å²) in [5.74, 6) is -0.396. The molecule has 0 aromatic heterocycles. The van der Waals surface area contributed by atoms with Crippen molar-refractivity contribution in [3.05, 3.63) is 47.7 Å². The van der Waals surface area contributed by atoms with E-state index in [1.54, 1.807) is 12.1 Å². The van der Waals surface area contributed by atoms with Gasteiger partial charge in [0.1, 0.15) is 0 Å². The topological polar surface area (TPSA) is 40.5 Å². The highest BCUT2D eigenvalue weighted by Crippen LogP contribution is 2.22. The SMILES string of the molecule is C=C1Cc2ccccc2C(=O)N1O. The Morgan fingerprint density at radius 1 is 1.38 bits per heavy atom. The van der Waals surface area contributed by atoms with Gasteiger partial charge in [0.25, 0.3) is 5.91 Å². The zero-order valence-corrected chi connectivity index (χ0v) is 7.03. The summed E-state index contributed by atoms with van der Waals surface area (Å²) in [5.41, 5.74) is 1.89. The van der Waals surface area contributed by atoms with E-state index in [9.17, 15) is 10.0 Å². The van der Waals surface area contributed by atoms with Gasteiger partial charge in [-0.3, -0.25) is 10.0 Å².